The number of carbonyl (C=O) groups excluding carboxylic acids is 2. The predicted octanol–water partition coefficient (Wildman–Crippen LogP) is 5.22. The van der Waals surface area contributed by atoms with Gasteiger partial charge in [0.1, 0.15) is 5.82 Å². The van der Waals surface area contributed by atoms with Crippen LogP contribution in [-0.4, -0.2) is 21.8 Å². The van der Waals surface area contributed by atoms with Crippen LogP contribution in [0.1, 0.15) is 22.0 Å². The van der Waals surface area contributed by atoms with Crippen molar-refractivity contribution < 1.29 is 19.1 Å². The van der Waals surface area contributed by atoms with E-state index in [-0.39, 0.29) is 10.7 Å². The van der Waals surface area contributed by atoms with Crippen molar-refractivity contribution in [3.63, 3.8) is 0 Å². The molecular formula is C24H15FN2O3S. The molecule has 1 aliphatic heterocycles. The molecule has 0 saturated heterocycles. The van der Waals surface area contributed by atoms with Crippen LogP contribution >= 0.6 is 11.3 Å². The highest BCUT2D eigenvalue weighted by Crippen LogP contribution is 2.44. The topological polar surface area (TPSA) is 70.5 Å². The standard InChI is InChI=1S/C24H15FN2O3S/c25-16-11-12-17-18(13-16)31-24(26-17)27-20(14-7-3-1-4-8-14)19(22(29)23(27)30)21(28)15-9-5-2-6-10-15/h1-13,20,29H. The number of rotatable bonds is 4. The maximum atomic E-state index is 13.7. The molecule has 1 atom stereocenters. The number of fused-ring (bicyclic) bond motifs is 1. The average Bonchev–Trinajstić information content (AvgIpc) is 3.32. The van der Waals surface area contributed by atoms with E-state index in [1.54, 1.807) is 54.6 Å². The highest BCUT2D eigenvalue weighted by Gasteiger charge is 2.45. The van der Waals surface area contributed by atoms with Gasteiger partial charge in [-0.3, -0.25) is 14.5 Å². The van der Waals surface area contributed by atoms with Gasteiger partial charge in [0.25, 0.3) is 5.91 Å². The third-order valence-corrected chi connectivity index (χ3v) is 6.17. The number of nitrogens with zero attached hydrogens (tertiary/aromatic N) is 2. The lowest BCUT2D eigenvalue weighted by atomic mass is 9.93. The number of aromatic nitrogens is 1. The van der Waals surface area contributed by atoms with Crippen molar-refractivity contribution in [3.8, 4) is 0 Å². The van der Waals surface area contributed by atoms with Crippen molar-refractivity contribution in [2.24, 2.45) is 0 Å². The molecule has 2 heterocycles. The van der Waals surface area contributed by atoms with Gasteiger partial charge in [-0.05, 0) is 23.8 Å². The molecule has 0 aliphatic carbocycles. The molecule has 7 heteroatoms. The summed E-state index contributed by atoms with van der Waals surface area (Å²) in [4.78, 5) is 32.2. The van der Waals surface area contributed by atoms with Gasteiger partial charge in [0.2, 0.25) is 0 Å². The summed E-state index contributed by atoms with van der Waals surface area (Å²) in [5.41, 5.74) is 1.55. The summed E-state index contributed by atoms with van der Waals surface area (Å²) in [5.74, 6) is -2.16. The summed E-state index contributed by atoms with van der Waals surface area (Å²) >= 11 is 1.13. The molecule has 1 aromatic heterocycles. The second-order valence-electron chi connectivity index (χ2n) is 7.05. The summed E-state index contributed by atoms with van der Waals surface area (Å²) in [6, 6.07) is 20.8. The zero-order chi connectivity index (χ0) is 21.5. The van der Waals surface area contributed by atoms with Crippen molar-refractivity contribution in [2.75, 3.05) is 4.90 Å². The highest BCUT2D eigenvalue weighted by atomic mass is 32.1. The van der Waals surface area contributed by atoms with Crippen molar-refractivity contribution in [2.45, 2.75) is 6.04 Å². The number of halogens is 1. The van der Waals surface area contributed by atoms with E-state index < -0.39 is 29.3 Å². The van der Waals surface area contributed by atoms with Crippen LogP contribution in [0, 0.1) is 5.82 Å². The van der Waals surface area contributed by atoms with Gasteiger partial charge in [0.05, 0.1) is 21.8 Å². The number of aliphatic hydroxyl groups excluding tert-OH is 1. The zero-order valence-corrected chi connectivity index (χ0v) is 16.8. The number of anilines is 1. The number of aliphatic hydroxyl groups is 1. The molecule has 4 aromatic rings. The second-order valence-corrected chi connectivity index (χ2v) is 8.06. The fraction of sp³-hybridized carbons (Fsp3) is 0.0417. The third-order valence-electron chi connectivity index (χ3n) is 5.15. The van der Waals surface area contributed by atoms with Gasteiger partial charge in [0, 0.05) is 5.56 Å². The van der Waals surface area contributed by atoms with Crippen molar-refractivity contribution >= 4 is 38.4 Å². The molecule has 1 aliphatic rings. The van der Waals surface area contributed by atoms with Crippen LogP contribution in [0.15, 0.2) is 90.2 Å². The number of carbonyl (C=O) groups is 2. The Labute approximate surface area is 180 Å². The van der Waals surface area contributed by atoms with Crippen molar-refractivity contribution in [1.29, 1.82) is 0 Å². The summed E-state index contributed by atoms with van der Waals surface area (Å²) in [6.07, 6.45) is 0. The van der Waals surface area contributed by atoms with Gasteiger partial charge in [-0.1, -0.05) is 72.0 Å². The molecule has 1 unspecified atom stereocenters. The second kappa shape index (κ2) is 7.45. The first-order valence-electron chi connectivity index (χ1n) is 9.52. The summed E-state index contributed by atoms with van der Waals surface area (Å²) < 4.78 is 14.2. The number of ketones is 1. The SMILES string of the molecule is O=C(C1=C(O)C(=O)N(c2nc3ccc(F)cc3s2)C1c1ccccc1)c1ccccc1. The van der Waals surface area contributed by atoms with E-state index in [1.807, 2.05) is 6.07 Å². The molecule has 5 nitrogen and oxygen atoms in total. The van der Waals surface area contributed by atoms with Crippen molar-refractivity contribution in [1.82, 2.24) is 4.98 Å². The summed E-state index contributed by atoms with van der Waals surface area (Å²) in [7, 11) is 0. The Kier molecular flexibility index (Phi) is 4.60. The molecule has 31 heavy (non-hydrogen) atoms. The Morgan fingerprint density at radius 1 is 1.00 bits per heavy atom. The minimum Gasteiger partial charge on any atom is -0.503 e. The monoisotopic (exact) mass is 430 g/mol. The van der Waals surface area contributed by atoms with Crippen LogP contribution in [0.3, 0.4) is 0 Å². The molecular weight excluding hydrogens is 415 g/mol. The molecule has 152 valence electrons. The lowest BCUT2D eigenvalue weighted by Crippen LogP contribution is -2.30. The largest absolute Gasteiger partial charge is 0.503 e. The van der Waals surface area contributed by atoms with Gasteiger partial charge < -0.3 is 5.11 Å². The van der Waals surface area contributed by atoms with E-state index in [0.29, 0.717) is 21.3 Å². The van der Waals surface area contributed by atoms with E-state index >= 15 is 0 Å². The molecule has 3 aromatic carbocycles. The Morgan fingerprint density at radius 3 is 2.39 bits per heavy atom. The zero-order valence-electron chi connectivity index (χ0n) is 16.0. The molecule has 0 radical (unpaired) electrons. The fourth-order valence-corrected chi connectivity index (χ4v) is 4.74. The molecule has 0 spiro atoms. The van der Waals surface area contributed by atoms with Crippen LogP contribution in [0.5, 0.6) is 0 Å². The number of Topliss-reactive ketones (excluding diaryl/α,β-unsaturated/α-hetero) is 1. The number of hydrogen-bond donors (Lipinski definition) is 1. The Bertz CT molecular complexity index is 1350. The molecule has 0 bridgehead atoms. The first-order valence-corrected chi connectivity index (χ1v) is 10.3. The number of amides is 1. The molecule has 0 fully saturated rings. The first-order chi connectivity index (χ1) is 15.0. The molecule has 5 rings (SSSR count). The van der Waals surface area contributed by atoms with Crippen molar-refractivity contribution in [3.05, 3.63) is 107 Å². The Morgan fingerprint density at radius 2 is 1.68 bits per heavy atom. The highest BCUT2D eigenvalue weighted by molar-refractivity contribution is 7.22. The summed E-state index contributed by atoms with van der Waals surface area (Å²) in [5, 5.41) is 11.0. The number of thiazole rings is 1. The smallest absolute Gasteiger partial charge is 0.296 e. The van der Waals surface area contributed by atoms with Crippen LogP contribution in [0.2, 0.25) is 0 Å². The quantitative estimate of drug-likeness (QED) is 0.451. The van der Waals surface area contributed by atoms with Crippen LogP contribution in [0.4, 0.5) is 9.52 Å². The normalized spacial score (nSPS) is 16.4. The van der Waals surface area contributed by atoms with E-state index in [1.165, 1.54) is 23.1 Å². The van der Waals surface area contributed by atoms with E-state index in [9.17, 15) is 19.1 Å². The number of hydrogen-bond acceptors (Lipinski definition) is 5. The Balaban J connectivity index is 1.68. The fourth-order valence-electron chi connectivity index (χ4n) is 3.72. The molecule has 1 amide bonds. The van der Waals surface area contributed by atoms with Gasteiger partial charge in [-0.25, -0.2) is 9.37 Å². The number of benzene rings is 3. The van der Waals surface area contributed by atoms with Gasteiger partial charge in [0.15, 0.2) is 16.7 Å². The third kappa shape index (κ3) is 3.19. The van der Waals surface area contributed by atoms with E-state index in [4.69, 9.17) is 0 Å². The van der Waals surface area contributed by atoms with Gasteiger partial charge >= 0.3 is 0 Å². The van der Waals surface area contributed by atoms with Gasteiger partial charge in [-0.2, -0.15) is 0 Å². The van der Waals surface area contributed by atoms with Gasteiger partial charge in [-0.15, -0.1) is 0 Å². The first kappa shape index (κ1) is 19.1. The summed E-state index contributed by atoms with van der Waals surface area (Å²) in [6.45, 7) is 0. The lowest BCUT2D eigenvalue weighted by Gasteiger charge is -2.24. The van der Waals surface area contributed by atoms with Crippen LogP contribution in [-0.2, 0) is 4.79 Å². The van der Waals surface area contributed by atoms with Crippen LogP contribution < -0.4 is 4.90 Å². The lowest BCUT2D eigenvalue weighted by molar-refractivity contribution is -0.117. The van der Waals surface area contributed by atoms with E-state index in [2.05, 4.69) is 4.98 Å². The maximum Gasteiger partial charge on any atom is 0.296 e. The minimum absolute atomic E-state index is 0.00663. The molecule has 1 N–H and O–H groups in total. The minimum atomic E-state index is -0.855. The van der Waals surface area contributed by atoms with E-state index in [0.717, 1.165) is 11.3 Å². The average molecular weight is 430 g/mol. The Hall–Kier alpha value is -3.84. The maximum absolute atomic E-state index is 13.7. The van der Waals surface area contributed by atoms with Crippen LogP contribution in [0.25, 0.3) is 10.2 Å². The predicted molar refractivity (Wildman–Crippen MR) is 117 cm³/mol. The molecule has 0 saturated carbocycles.